The summed E-state index contributed by atoms with van der Waals surface area (Å²) in [7, 11) is 1.87. The Balaban J connectivity index is 1.43. The number of aryl methyl sites for hydroxylation is 1. The number of carbonyl (C=O) groups excluding carboxylic acids is 1. The Morgan fingerprint density at radius 3 is 2.43 bits per heavy atom. The Morgan fingerprint density at radius 2 is 1.80 bits per heavy atom. The van der Waals surface area contributed by atoms with Gasteiger partial charge in [-0.2, -0.15) is 15.5 Å². The number of nitrogens with zero attached hydrogens (tertiary/aromatic N) is 9. The zero-order valence-electron chi connectivity index (χ0n) is 19.7. The van der Waals surface area contributed by atoms with E-state index in [-0.39, 0.29) is 11.8 Å². The van der Waals surface area contributed by atoms with Crippen molar-refractivity contribution in [2.24, 2.45) is 13.0 Å². The first-order chi connectivity index (χ1) is 17.0. The van der Waals surface area contributed by atoms with Gasteiger partial charge < -0.3 is 9.80 Å². The third-order valence-corrected chi connectivity index (χ3v) is 6.34. The molecule has 5 rings (SSSR count). The minimum absolute atomic E-state index is 0.0996. The average Bonchev–Trinajstić information content (AvgIpc) is 3.53. The number of fused-ring (bicyclic) bond motifs is 1. The third-order valence-electron chi connectivity index (χ3n) is 6.34. The van der Waals surface area contributed by atoms with Crippen molar-refractivity contribution in [3.05, 3.63) is 61.5 Å². The van der Waals surface area contributed by atoms with E-state index in [2.05, 4.69) is 37.7 Å². The van der Waals surface area contributed by atoms with Gasteiger partial charge in [0.1, 0.15) is 6.07 Å². The Labute approximate surface area is 202 Å². The lowest BCUT2D eigenvalue weighted by atomic mass is 10.0. The summed E-state index contributed by atoms with van der Waals surface area (Å²) in [6, 6.07) is 4.24. The number of aromatic nitrogens is 6. The van der Waals surface area contributed by atoms with Crippen LogP contribution in [0.3, 0.4) is 0 Å². The Morgan fingerprint density at radius 1 is 1.06 bits per heavy atom. The number of nitriles is 1. The maximum Gasteiger partial charge on any atom is 0.229 e. The first-order valence-corrected chi connectivity index (χ1v) is 11.4. The van der Waals surface area contributed by atoms with Crippen molar-refractivity contribution in [3.63, 3.8) is 0 Å². The van der Waals surface area contributed by atoms with Crippen LogP contribution in [0.5, 0.6) is 0 Å². The largest absolute Gasteiger partial charge is 0.339 e. The van der Waals surface area contributed by atoms with E-state index in [4.69, 9.17) is 0 Å². The first kappa shape index (κ1) is 22.3. The van der Waals surface area contributed by atoms with Gasteiger partial charge in [-0.15, -0.1) is 6.58 Å². The first-order valence-electron chi connectivity index (χ1n) is 11.4. The highest BCUT2D eigenvalue weighted by molar-refractivity contribution is 5.87. The predicted molar refractivity (Wildman–Crippen MR) is 131 cm³/mol. The SMILES string of the molecule is C=CC(C)C(=O)N1CCN(c2ncc(-c3cc(-c4cnn(C)c4)cn4ncc(C#N)c34)cn2)CC1. The summed E-state index contributed by atoms with van der Waals surface area (Å²) < 4.78 is 3.46. The van der Waals surface area contributed by atoms with Gasteiger partial charge >= 0.3 is 0 Å². The number of piperazine rings is 1. The highest BCUT2D eigenvalue weighted by Crippen LogP contribution is 2.31. The molecule has 1 unspecified atom stereocenters. The molecule has 1 aliphatic rings. The van der Waals surface area contributed by atoms with Crippen LogP contribution in [0.4, 0.5) is 5.95 Å². The smallest absolute Gasteiger partial charge is 0.229 e. The molecule has 176 valence electrons. The summed E-state index contributed by atoms with van der Waals surface area (Å²) in [5, 5.41) is 18.3. The Hall–Kier alpha value is -4.52. The van der Waals surface area contributed by atoms with Gasteiger partial charge in [0, 0.05) is 80.3 Å². The number of carbonyl (C=O) groups is 1. The fourth-order valence-electron chi connectivity index (χ4n) is 4.29. The molecule has 0 spiro atoms. The molecule has 1 saturated heterocycles. The molecule has 4 aromatic heterocycles. The lowest BCUT2D eigenvalue weighted by Gasteiger charge is -2.35. The quantitative estimate of drug-likeness (QED) is 0.415. The molecular weight excluding hydrogens is 442 g/mol. The summed E-state index contributed by atoms with van der Waals surface area (Å²) in [4.78, 5) is 25.6. The van der Waals surface area contributed by atoms with E-state index in [1.165, 1.54) is 0 Å². The van der Waals surface area contributed by atoms with Gasteiger partial charge in [0.15, 0.2) is 0 Å². The van der Waals surface area contributed by atoms with E-state index >= 15 is 0 Å². The monoisotopic (exact) mass is 467 g/mol. The van der Waals surface area contributed by atoms with Crippen LogP contribution in [0, 0.1) is 17.2 Å². The minimum Gasteiger partial charge on any atom is -0.339 e. The second-order valence-electron chi connectivity index (χ2n) is 8.62. The fraction of sp³-hybridized carbons (Fsp3) is 0.280. The Kier molecular flexibility index (Phi) is 5.74. The molecule has 0 aliphatic carbocycles. The topological polar surface area (TPSA) is 108 Å². The van der Waals surface area contributed by atoms with E-state index in [0.717, 1.165) is 22.3 Å². The molecule has 1 atom stereocenters. The molecule has 1 amide bonds. The number of hydrogen-bond donors (Lipinski definition) is 0. The van der Waals surface area contributed by atoms with Crippen LogP contribution >= 0.6 is 0 Å². The van der Waals surface area contributed by atoms with E-state index in [0.29, 0.717) is 43.2 Å². The second-order valence-corrected chi connectivity index (χ2v) is 8.62. The van der Waals surface area contributed by atoms with Crippen molar-refractivity contribution in [1.29, 1.82) is 5.26 Å². The van der Waals surface area contributed by atoms with Crippen LogP contribution in [0.25, 0.3) is 27.8 Å². The predicted octanol–water partition coefficient (Wildman–Crippen LogP) is 2.53. The Bertz CT molecular complexity index is 1440. The van der Waals surface area contributed by atoms with Crippen LogP contribution < -0.4 is 4.90 Å². The van der Waals surface area contributed by atoms with Gasteiger partial charge in [0.2, 0.25) is 11.9 Å². The molecule has 0 N–H and O–H groups in total. The number of hydrogen-bond acceptors (Lipinski definition) is 7. The average molecular weight is 468 g/mol. The summed E-state index contributed by atoms with van der Waals surface area (Å²) in [6.07, 6.45) is 12.4. The van der Waals surface area contributed by atoms with Crippen LogP contribution in [-0.4, -0.2) is 66.3 Å². The van der Waals surface area contributed by atoms with Crippen molar-refractivity contribution >= 4 is 17.4 Å². The van der Waals surface area contributed by atoms with Crippen LogP contribution in [0.15, 0.2) is 55.9 Å². The molecule has 0 bridgehead atoms. The maximum atomic E-state index is 12.4. The number of pyridine rings is 1. The van der Waals surface area contributed by atoms with E-state index in [1.54, 1.807) is 40.1 Å². The van der Waals surface area contributed by atoms with E-state index < -0.39 is 0 Å². The molecule has 0 radical (unpaired) electrons. The van der Waals surface area contributed by atoms with Gasteiger partial charge in [-0.3, -0.25) is 9.48 Å². The highest BCUT2D eigenvalue weighted by Gasteiger charge is 2.25. The highest BCUT2D eigenvalue weighted by atomic mass is 16.2. The lowest BCUT2D eigenvalue weighted by Crippen LogP contribution is -2.50. The maximum absolute atomic E-state index is 12.4. The van der Waals surface area contributed by atoms with Crippen LogP contribution in [0.1, 0.15) is 12.5 Å². The van der Waals surface area contributed by atoms with E-state index in [9.17, 15) is 10.1 Å². The lowest BCUT2D eigenvalue weighted by molar-refractivity contribution is -0.133. The zero-order chi connectivity index (χ0) is 24.5. The molecule has 0 aromatic carbocycles. The van der Waals surface area contributed by atoms with Gasteiger partial charge in [0.05, 0.1) is 29.4 Å². The molecule has 35 heavy (non-hydrogen) atoms. The fourth-order valence-corrected chi connectivity index (χ4v) is 4.29. The van der Waals surface area contributed by atoms with Crippen molar-refractivity contribution in [1.82, 2.24) is 34.3 Å². The standard InChI is InChI=1S/C25H25N9O/c1-4-17(2)24(35)32-5-7-33(8-6-32)25-27-11-20(12-28-25)22-9-18(21-14-29-31(3)15-21)16-34-23(22)19(10-26)13-30-34/h4,9,11-17H,1,5-8H2,2-3H3. The third kappa shape index (κ3) is 4.12. The second kappa shape index (κ2) is 9.02. The zero-order valence-corrected chi connectivity index (χ0v) is 19.7. The van der Waals surface area contributed by atoms with Gasteiger partial charge in [-0.1, -0.05) is 13.0 Å². The van der Waals surface area contributed by atoms with Crippen molar-refractivity contribution in [2.75, 3.05) is 31.1 Å². The number of anilines is 1. The normalized spacial score (nSPS) is 14.7. The number of rotatable bonds is 5. The summed E-state index contributed by atoms with van der Waals surface area (Å²) in [6.45, 7) is 8.15. The molecular formula is C25H25N9O. The van der Waals surface area contributed by atoms with Crippen LogP contribution in [-0.2, 0) is 11.8 Å². The van der Waals surface area contributed by atoms with Crippen molar-refractivity contribution in [2.45, 2.75) is 6.92 Å². The van der Waals surface area contributed by atoms with Crippen LogP contribution in [0.2, 0.25) is 0 Å². The summed E-state index contributed by atoms with van der Waals surface area (Å²) in [5.74, 6) is 0.534. The van der Waals surface area contributed by atoms with Gasteiger partial charge in [-0.05, 0) is 6.07 Å². The van der Waals surface area contributed by atoms with Crippen molar-refractivity contribution in [3.8, 4) is 28.3 Å². The molecule has 1 aliphatic heterocycles. The number of amides is 1. The molecule has 1 fully saturated rings. The molecule has 10 heteroatoms. The summed E-state index contributed by atoms with van der Waals surface area (Å²) >= 11 is 0. The molecule has 4 aromatic rings. The van der Waals surface area contributed by atoms with Crippen molar-refractivity contribution < 1.29 is 4.79 Å². The summed E-state index contributed by atoms with van der Waals surface area (Å²) in [5.41, 5.74) is 4.67. The van der Waals surface area contributed by atoms with Gasteiger partial charge in [0.25, 0.3) is 0 Å². The molecule has 0 saturated carbocycles. The van der Waals surface area contributed by atoms with E-state index in [1.807, 2.05) is 37.3 Å². The molecule has 5 heterocycles. The minimum atomic E-state index is -0.182. The molecule has 10 nitrogen and oxygen atoms in total. The van der Waals surface area contributed by atoms with Gasteiger partial charge in [-0.25, -0.2) is 14.5 Å².